The summed E-state index contributed by atoms with van der Waals surface area (Å²) in [5.41, 5.74) is 7.83. The van der Waals surface area contributed by atoms with E-state index in [0.717, 1.165) is 37.7 Å². The first-order valence-electron chi connectivity index (χ1n) is 7.65. The Morgan fingerprint density at radius 1 is 1.17 bits per heavy atom. The number of pyridine rings is 1. The van der Waals surface area contributed by atoms with E-state index in [1.807, 2.05) is 24.3 Å². The molecule has 3 N–H and O–H groups in total. The van der Waals surface area contributed by atoms with Gasteiger partial charge in [-0.1, -0.05) is 12.1 Å². The van der Waals surface area contributed by atoms with Crippen molar-refractivity contribution in [2.75, 3.05) is 36.5 Å². The molecule has 6 nitrogen and oxygen atoms in total. The number of rotatable bonds is 4. The quantitative estimate of drug-likeness (QED) is 0.897. The molecule has 120 valence electrons. The fourth-order valence-corrected chi connectivity index (χ4v) is 2.43. The first kappa shape index (κ1) is 15.5. The number of nitrogens with zero attached hydrogens (tertiary/aromatic N) is 2. The molecule has 1 fully saturated rings. The molecule has 1 amide bonds. The monoisotopic (exact) mass is 312 g/mol. The molecule has 0 spiro atoms. The van der Waals surface area contributed by atoms with Crippen molar-refractivity contribution in [3.05, 3.63) is 53.7 Å². The van der Waals surface area contributed by atoms with E-state index in [1.54, 1.807) is 18.3 Å². The molecule has 2 heterocycles. The van der Waals surface area contributed by atoms with Crippen LogP contribution < -0.4 is 16.0 Å². The van der Waals surface area contributed by atoms with E-state index in [2.05, 4.69) is 15.2 Å². The molecule has 1 aliphatic rings. The summed E-state index contributed by atoms with van der Waals surface area (Å²) >= 11 is 0. The molecular formula is C17H20N4O2. The average Bonchev–Trinajstić information content (AvgIpc) is 2.63. The highest BCUT2D eigenvalue weighted by Crippen LogP contribution is 2.16. The van der Waals surface area contributed by atoms with Gasteiger partial charge in [0.2, 0.25) is 0 Å². The lowest BCUT2D eigenvalue weighted by Crippen LogP contribution is -2.36. The van der Waals surface area contributed by atoms with Gasteiger partial charge in [-0.2, -0.15) is 0 Å². The maximum atomic E-state index is 12.2. The Morgan fingerprint density at radius 3 is 2.52 bits per heavy atom. The SMILES string of the molecule is NCc1ccc(C(=O)Nc2ccc(N3CCOCC3)nc2)cc1. The fourth-order valence-electron chi connectivity index (χ4n) is 2.43. The number of hydrogen-bond acceptors (Lipinski definition) is 5. The van der Waals surface area contributed by atoms with Crippen LogP contribution in [0.1, 0.15) is 15.9 Å². The predicted octanol–water partition coefficient (Wildman–Crippen LogP) is 1.63. The molecule has 0 unspecified atom stereocenters. The first-order chi connectivity index (χ1) is 11.3. The van der Waals surface area contributed by atoms with Gasteiger partial charge in [0.1, 0.15) is 5.82 Å². The van der Waals surface area contributed by atoms with E-state index in [0.29, 0.717) is 17.8 Å². The van der Waals surface area contributed by atoms with Crippen LogP contribution in [-0.4, -0.2) is 37.2 Å². The molecule has 2 aromatic rings. The van der Waals surface area contributed by atoms with Gasteiger partial charge in [-0.3, -0.25) is 4.79 Å². The summed E-state index contributed by atoms with van der Waals surface area (Å²) in [6.07, 6.45) is 1.68. The summed E-state index contributed by atoms with van der Waals surface area (Å²) in [7, 11) is 0. The van der Waals surface area contributed by atoms with Crippen molar-refractivity contribution in [3.63, 3.8) is 0 Å². The minimum Gasteiger partial charge on any atom is -0.378 e. The molecule has 0 aliphatic carbocycles. The number of ether oxygens (including phenoxy) is 1. The van der Waals surface area contributed by atoms with E-state index in [9.17, 15) is 4.79 Å². The minimum atomic E-state index is -0.158. The highest BCUT2D eigenvalue weighted by molar-refractivity contribution is 6.04. The second-order valence-electron chi connectivity index (χ2n) is 5.36. The molecule has 0 saturated carbocycles. The van der Waals surface area contributed by atoms with Gasteiger partial charge in [0.25, 0.3) is 5.91 Å². The third-order valence-electron chi connectivity index (χ3n) is 3.79. The average molecular weight is 312 g/mol. The standard InChI is InChI=1S/C17H20N4O2/c18-11-13-1-3-14(4-2-13)17(22)20-15-5-6-16(19-12-15)21-7-9-23-10-8-21/h1-6,12H,7-11,18H2,(H,20,22). The van der Waals surface area contributed by atoms with E-state index < -0.39 is 0 Å². The molecule has 23 heavy (non-hydrogen) atoms. The zero-order chi connectivity index (χ0) is 16.1. The van der Waals surface area contributed by atoms with Gasteiger partial charge in [0, 0.05) is 25.2 Å². The highest BCUT2D eigenvalue weighted by Gasteiger charge is 2.12. The Morgan fingerprint density at radius 2 is 1.91 bits per heavy atom. The van der Waals surface area contributed by atoms with Crippen LogP contribution in [0.25, 0.3) is 0 Å². The molecule has 1 aromatic carbocycles. The van der Waals surface area contributed by atoms with Crippen molar-refractivity contribution in [1.82, 2.24) is 4.98 Å². The van der Waals surface area contributed by atoms with Gasteiger partial charge in [-0.15, -0.1) is 0 Å². The lowest BCUT2D eigenvalue weighted by atomic mass is 10.1. The van der Waals surface area contributed by atoms with Crippen LogP contribution in [0.2, 0.25) is 0 Å². The number of nitrogens with one attached hydrogen (secondary N) is 1. The zero-order valence-corrected chi connectivity index (χ0v) is 12.9. The first-order valence-corrected chi connectivity index (χ1v) is 7.65. The zero-order valence-electron chi connectivity index (χ0n) is 12.9. The number of carbonyl (C=O) groups excluding carboxylic acids is 1. The molecule has 0 bridgehead atoms. The molecular weight excluding hydrogens is 292 g/mol. The molecule has 1 aromatic heterocycles. The van der Waals surface area contributed by atoms with Gasteiger partial charge in [0.05, 0.1) is 25.1 Å². The summed E-state index contributed by atoms with van der Waals surface area (Å²) in [5.74, 6) is 0.744. The largest absolute Gasteiger partial charge is 0.378 e. The number of anilines is 2. The Labute approximate surface area is 135 Å². The van der Waals surface area contributed by atoms with Crippen LogP contribution in [-0.2, 0) is 11.3 Å². The Kier molecular flexibility index (Phi) is 4.85. The van der Waals surface area contributed by atoms with Gasteiger partial charge in [-0.05, 0) is 29.8 Å². The Balaban J connectivity index is 1.63. The van der Waals surface area contributed by atoms with Gasteiger partial charge >= 0.3 is 0 Å². The van der Waals surface area contributed by atoms with Crippen LogP contribution in [0.5, 0.6) is 0 Å². The second-order valence-corrected chi connectivity index (χ2v) is 5.36. The molecule has 0 radical (unpaired) electrons. The molecule has 0 atom stereocenters. The second kappa shape index (κ2) is 7.21. The molecule has 3 rings (SSSR count). The Hall–Kier alpha value is -2.44. The van der Waals surface area contributed by atoms with Gasteiger partial charge in [0.15, 0.2) is 0 Å². The predicted molar refractivity (Wildman–Crippen MR) is 89.6 cm³/mol. The molecule has 1 aliphatic heterocycles. The number of aromatic nitrogens is 1. The van der Waals surface area contributed by atoms with E-state index in [4.69, 9.17) is 10.5 Å². The lowest BCUT2D eigenvalue weighted by molar-refractivity contribution is 0.102. The number of amides is 1. The third-order valence-corrected chi connectivity index (χ3v) is 3.79. The number of nitrogens with two attached hydrogens (primary N) is 1. The molecule has 1 saturated heterocycles. The van der Waals surface area contributed by atoms with Crippen molar-refractivity contribution in [3.8, 4) is 0 Å². The van der Waals surface area contributed by atoms with Gasteiger partial charge in [-0.25, -0.2) is 4.98 Å². The summed E-state index contributed by atoms with van der Waals surface area (Å²) in [6, 6.07) is 11.0. The smallest absolute Gasteiger partial charge is 0.255 e. The number of hydrogen-bond donors (Lipinski definition) is 2. The van der Waals surface area contributed by atoms with Crippen molar-refractivity contribution in [2.45, 2.75) is 6.54 Å². The van der Waals surface area contributed by atoms with E-state index >= 15 is 0 Å². The van der Waals surface area contributed by atoms with Gasteiger partial charge < -0.3 is 20.7 Å². The highest BCUT2D eigenvalue weighted by atomic mass is 16.5. The maximum absolute atomic E-state index is 12.2. The van der Waals surface area contributed by atoms with Crippen LogP contribution >= 0.6 is 0 Å². The van der Waals surface area contributed by atoms with Crippen LogP contribution in [0.3, 0.4) is 0 Å². The summed E-state index contributed by atoms with van der Waals surface area (Å²) in [5, 5.41) is 2.85. The minimum absolute atomic E-state index is 0.158. The van der Waals surface area contributed by atoms with E-state index in [1.165, 1.54) is 0 Å². The maximum Gasteiger partial charge on any atom is 0.255 e. The van der Waals surface area contributed by atoms with Crippen molar-refractivity contribution in [1.29, 1.82) is 0 Å². The Bertz CT molecular complexity index is 649. The van der Waals surface area contributed by atoms with Crippen molar-refractivity contribution in [2.24, 2.45) is 5.73 Å². The topological polar surface area (TPSA) is 80.5 Å². The van der Waals surface area contributed by atoms with Crippen LogP contribution in [0, 0.1) is 0 Å². The van der Waals surface area contributed by atoms with Crippen LogP contribution in [0.15, 0.2) is 42.6 Å². The lowest BCUT2D eigenvalue weighted by Gasteiger charge is -2.27. The number of carbonyl (C=O) groups is 1. The van der Waals surface area contributed by atoms with Crippen molar-refractivity contribution >= 4 is 17.4 Å². The number of morpholine rings is 1. The normalized spacial score (nSPS) is 14.6. The molecule has 6 heteroatoms. The van der Waals surface area contributed by atoms with Crippen molar-refractivity contribution < 1.29 is 9.53 Å². The fraction of sp³-hybridized carbons (Fsp3) is 0.294. The third kappa shape index (κ3) is 3.85. The van der Waals surface area contributed by atoms with Crippen LogP contribution in [0.4, 0.5) is 11.5 Å². The summed E-state index contributed by atoms with van der Waals surface area (Å²) in [6.45, 7) is 3.59. The van der Waals surface area contributed by atoms with E-state index in [-0.39, 0.29) is 5.91 Å². The summed E-state index contributed by atoms with van der Waals surface area (Å²) in [4.78, 5) is 18.8. The summed E-state index contributed by atoms with van der Waals surface area (Å²) < 4.78 is 5.33. The number of benzene rings is 1.